The molecule has 1 aromatic carbocycles. The average Bonchev–Trinajstić information content (AvgIpc) is 2.18. The normalized spacial score (nSPS) is 10.1. The maximum absolute atomic E-state index is 11.3. The van der Waals surface area contributed by atoms with Crippen molar-refractivity contribution in [3.63, 3.8) is 0 Å². The fraction of sp³-hybridized carbons (Fsp3) is 0.300. The molecular formula is C10H11BrO2S. The van der Waals surface area contributed by atoms with Crippen LogP contribution in [0.15, 0.2) is 29.2 Å². The fourth-order valence-corrected chi connectivity index (χ4v) is 1.97. The molecule has 0 spiro atoms. The summed E-state index contributed by atoms with van der Waals surface area (Å²) in [6.07, 6.45) is 1.45. The Morgan fingerprint density at radius 1 is 1.36 bits per heavy atom. The Balaban J connectivity index is 2.44. The second kappa shape index (κ2) is 6.09. The largest absolute Gasteiger partial charge is 0.508 e. The summed E-state index contributed by atoms with van der Waals surface area (Å²) in [5.41, 5.74) is 0. The van der Waals surface area contributed by atoms with Crippen LogP contribution in [0.4, 0.5) is 0 Å². The minimum atomic E-state index is 0.162. The van der Waals surface area contributed by atoms with Gasteiger partial charge in [0.2, 0.25) is 0 Å². The molecule has 0 aliphatic rings. The van der Waals surface area contributed by atoms with Crippen LogP contribution in [0, 0.1) is 0 Å². The van der Waals surface area contributed by atoms with Gasteiger partial charge < -0.3 is 5.11 Å². The number of thioether (sulfide) groups is 1. The summed E-state index contributed by atoms with van der Waals surface area (Å²) >= 11 is 4.50. The zero-order chi connectivity index (χ0) is 10.4. The van der Waals surface area contributed by atoms with Crippen molar-refractivity contribution in [1.29, 1.82) is 0 Å². The third-order valence-electron chi connectivity index (χ3n) is 1.58. The Morgan fingerprint density at radius 3 is 2.57 bits per heavy atom. The van der Waals surface area contributed by atoms with Crippen LogP contribution in [-0.2, 0) is 4.79 Å². The van der Waals surface area contributed by atoms with Crippen LogP contribution < -0.4 is 0 Å². The summed E-state index contributed by atoms with van der Waals surface area (Å²) in [6, 6.07) is 6.65. The molecule has 0 amide bonds. The Labute approximate surface area is 95.8 Å². The number of hydrogen-bond donors (Lipinski definition) is 1. The molecule has 14 heavy (non-hydrogen) atoms. The van der Waals surface area contributed by atoms with Gasteiger partial charge in [-0.15, -0.1) is 0 Å². The first kappa shape index (κ1) is 11.6. The van der Waals surface area contributed by atoms with Crippen molar-refractivity contribution >= 4 is 32.8 Å². The highest BCUT2D eigenvalue weighted by atomic mass is 79.9. The molecule has 1 rings (SSSR count). The summed E-state index contributed by atoms with van der Waals surface area (Å²) in [4.78, 5) is 12.2. The van der Waals surface area contributed by atoms with E-state index in [-0.39, 0.29) is 10.9 Å². The lowest BCUT2D eigenvalue weighted by Gasteiger charge is -1.99. The number of benzene rings is 1. The highest BCUT2D eigenvalue weighted by molar-refractivity contribution is 9.09. The van der Waals surface area contributed by atoms with Crippen LogP contribution in [-0.4, -0.2) is 15.6 Å². The quantitative estimate of drug-likeness (QED) is 0.677. The minimum Gasteiger partial charge on any atom is -0.508 e. The third kappa shape index (κ3) is 4.15. The van der Waals surface area contributed by atoms with E-state index in [1.807, 2.05) is 0 Å². The first-order chi connectivity index (χ1) is 6.72. The molecule has 0 unspecified atom stereocenters. The van der Waals surface area contributed by atoms with Crippen LogP contribution in [0.5, 0.6) is 5.75 Å². The second-order valence-corrected chi connectivity index (χ2v) is 4.68. The first-order valence-corrected chi connectivity index (χ1v) is 6.22. The van der Waals surface area contributed by atoms with E-state index in [9.17, 15) is 4.79 Å². The van der Waals surface area contributed by atoms with Gasteiger partial charge in [-0.1, -0.05) is 27.7 Å². The van der Waals surface area contributed by atoms with Gasteiger partial charge >= 0.3 is 0 Å². The summed E-state index contributed by atoms with van der Waals surface area (Å²) in [6.45, 7) is 0. The molecule has 0 aliphatic carbocycles. The molecule has 0 bridgehead atoms. The lowest BCUT2D eigenvalue weighted by atomic mass is 10.3. The molecule has 0 saturated carbocycles. The van der Waals surface area contributed by atoms with Crippen molar-refractivity contribution in [3.8, 4) is 5.75 Å². The predicted molar refractivity (Wildman–Crippen MR) is 62.0 cm³/mol. The lowest BCUT2D eigenvalue weighted by Crippen LogP contribution is -1.91. The number of phenolic OH excluding ortho intramolecular Hbond substituents is 1. The summed E-state index contributed by atoms with van der Waals surface area (Å²) in [7, 11) is 0. The number of phenols is 1. The highest BCUT2D eigenvalue weighted by Gasteiger charge is 2.03. The SMILES string of the molecule is O=C(CCCBr)Sc1ccc(O)cc1. The number of rotatable bonds is 4. The molecule has 2 nitrogen and oxygen atoms in total. The van der Waals surface area contributed by atoms with Gasteiger partial charge in [0, 0.05) is 16.6 Å². The Hall–Kier alpha value is -0.480. The van der Waals surface area contributed by atoms with Crippen LogP contribution >= 0.6 is 27.7 Å². The van der Waals surface area contributed by atoms with Gasteiger partial charge in [0.05, 0.1) is 0 Å². The van der Waals surface area contributed by atoms with Gasteiger partial charge in [-0.25, -0.2) is 0 Å². The second-order valence-electron chi connectivity index (χ2n) is 2.76. The molecule has 76 valence electrons. The molecule has 1 aromatic rings. The van der Waals surface area contributed by atoms with Crippen molar-refractivity contribution < 1.29 is 9.90 Å². The molecule has 4 heteroatoms. The van der Waals surface area contributed by atoms with Crippen LogP contribution in [0.1, 0.15) is 12.8 Å². The molecule has 1 N–H and O–H groups in total. The van der Waals surface area contributed by atoms with Crippen LogP contribution in [0.2, 0.25) is 0 Å². The maximum Gasteiger partial charge on any atom is 0.193 e. The van der Waals surface area contributed by atoms with E-state index >= 15 is 0 Å². The summed E-state index contributed by atoms with van der Waals surface area (Å²) in [5, 5.41) is 10.1. The average molecular weight is 275 g/mol. The number of carbonyl (C=O) groups excluding carboxylic acids is 1. The Bertz CT molecular complexity index is 297. The number of hydrogen-bond acceptors (Lipinski definition) is 3. The van der Waals surface area contributed by atoms with E-state index in [0.29, 0.717) is 6.42 Å². The van der Waals surface area contributed by atoms with Gasteiger partial charge in [0.15, 0.2) is 5.12 Å². The molecule has 0 heterocycles. The molecule has 0 atom stereocenters. The first-order valence-electron chi connectivity index (χ1n) is 4.28. The number of alkyl halides is 1. The highest BCUT2D eigenvalue weighted by Crippen LogP contribution is 2.22. The third-order valence-corrected chi connectivity index (χ3v) is 3.08. The fourth-order valence-electron chi connectivity index (χ4n) is 0.908. The number of aromatic hydroxyl groups is 1. The molecule has 0 radical (unpaired) electrons. The van der Waals surface area contributed by atoms with Gasteiger partial charge in [0.1, 0.15) is 5.75 Å². The smallest absolute Gasteiger partial charge is 0.193 e. The van der Waals surface area contributed by atoms with Crippen molar-refractivity contribution in [2.75, 3.05) is 5.33 Å². The predicted octanol–water partition coefficient (Wildman–Crippen LogP) is 3.19. The van der Waals surface area contributed by atoms with E-state index in [1.165, 1.54) is 11.8 Å². The van der Waals surface area contributed by atoms with Crippen LogP contribution in [0.3, 0.4) is 0 Å². The molecule has 0 aromatic heterocycles. The number of halogens is 1. The number of carbonyl (C=O) groups is 1. The van der Waals surface area contributed by atoms with Crippen molar-refractivity contribution in [2.24, 2.45) is 0 Å². The topological polar surface area (TPSA) is 37.3 Å². The molecule has 0 fully saturated rings. The summed E-state index contributed by atoms with van der Waals surface area (Å²) in [5.74, 6) is 0.224. The van der Waals surface area contributed by atoms with Crippen molar-refractivity contribution in [1.82, 2.24) is 0 Å². The van der Waals surface area contributed by atoms with Crippen molar-refractivity contribution in [3.05, 3.63) is 24.3 Å². The molecular weight excluding hydrogens is 264 g/mol. The van der Waals surface area contributed by atoms with E-state index in [2.05, 4.69) is 15.9 Å². The van der Waals surface area contributed by atoms with Gasteiger partial charge in [0.25, 0.3) is 0 Å². The zero-order valence-electron chi connectivity index (χ0n) is 7.57. The Kier molecular flexibility index (Phi) is 5.04. The van der Waals surface area contributed by atoms with Crippen LogP contribution in [0.25, 0.3) is 0 Å². The van der Waals surface area contributed by atoms with E-state index < -0.39 is 0 Å². The molecule has 0 saturated heterocycles. The van der Waals surface area contributed by atoms with Gasteiger partial charge in [-0.2, -0.15) is 0 Å². The minimum absolute atomic E-state index is 0.162. The van der Waals surface area contributed by atoms with Gasteiger partial charge in [-0.3, -0.25) is 4.79 Å². The van der Waals surface area contributed by atoms with E-state index in [4.69, 9.17) is 5.11 Å². The lowest BCUT2D eigenvalue weighted by molar-refractivity contribution is -0.110. The van der Waals surface area contributed by atoms with Crippen molar-refractivity contribution in [2.45, 2.75) is 17.7 Å². The monoisotopic (exact) mass is 274 g/mol. The summed E-state index contributed by atoms with van der Waals surface area (Å²) < 4.78 is 0. The standard InChI is InChI=1S/C10H11BrO2S/c11-7-1-2-10(13)14-9-5-3-8(12)4-6-9/h3-6,12H,1-2,7H2. The van der Waals surface area contributed by atoms with Gasteiger partial charge in [-0.05, 0) is 30.7 Å². The maximum atomic E-state index is 11.3. The molecule has 0 aliphatic heterocycles. The Morgan fingerprint density at radius 2 is 2.00 bits per heavy atom. The zero-order valence-corrected chi connectivity index (χ0v) is 9.97. The van der Waals surface area contributed by atoms with E-state index in [1.54, 1.807) is 24.3 Å². The van der Waals surface area contributed by atoms with E-state index in [0.717, 1.165) is 16.6 Å².